The van der Waals surface area contributed by atoms with Crippen LogP contribution >= 0.6 is 0 Å². The number of carbonyl (C=O) groups excluding carboxylic acids is 1. The summed E-state index contributed by atoms with van der Waals surface area (Å²) in [7, 11) is 0. The van der Waals surface area contributed by atoms with Crippen LogP contribution in [0, 0.1) is 5.82 Å². The summed E-state index contributed by atoms with van der Waals surface area (Å²) in [6, 6.07) is 13.7. The first-order chi connectivity index (χ1) is 15.1. The second-order valence-electron chi connectivity index (χ2n) is 6.94. The van der Waals surface area contributed by atoms with E-state index in [1.807, 2.05) is 37.3 Å². The fourth-order valence-corrected chi connectivity index (χ4v) is 3.16. The SMILES string of the molecule is C/C=C/c1ccc(C(=O)NCc2cccnc2CN)c(NCCc2cccc(F)c2)n1. The number of nitrogens with one attached hydrogen (secondary N) is 2. The van der Waals surface area contributed by atoms with Crippen LogP contribution in [-0.2, 0) is 19.5 Å². The quantitative estimate of drug-likeness (QED) is 0.492. The molecule has 0 atom stereocenters. The highest BCUT2D eigenvalue weighted by atomic mass is 19.1. The molecule has 31 heavy (non-hydrogen) atoms. The Hall–Kier alpha value is -3.58. The van der Waals surface area contributed by atoms with Crippen LogP contribution in [0.25, 0.3) is 6.08 Å². The van der Waals surface area contributed by atoms with Crippen molar-refractivity contribution in [2.75, 3.05) is 11.9 Å². The van der Waals surface area contributed by atoms with E-state index in [0.717, 1.165) is 22.5 Å². The molecule has 0 aliphatic carbocycles. The molecule has 7 heteroatoms. The molecule has 0 saturated heterocycles. The molecule has 0 aliphatic rings. The van der Waals surface area contributed by atoms with Crippen molar-refractivity contribution in [2.24, 2.45) is 5.73 Å². The van der Waals surface area contributed by atoms with E-state index in [-0.39, 0.29) is 11.7 Å². The van der Waals surface area contributed by atoms with Crippen molar-refractivity contribution in [3.8, 4) is 0 Å². The lowest BCUT2D eigenvalue weighted by Crippen LogP contribution is -2.25. The molecule has 2 heterocycles. The topological polar surface area (TPSA) is 92.9 Å². The molecule has 0 spiro atoms. The summed E-state index contributed by atoms with van der Waals surface area (Å²) < 4.78 is 13.4. The maximum absolute atomic E-state index is 13.4. The summed E-state index contributed by atoms with van der Waals surface area (Å²) in [6.07, 6.45) is 6.03. The fraction of sp³-hybridized carbons (Fsp3) is 0.208. The first-order valence-corrected chi connectivity index (χ1v) is 10.1. The zero-order valence-electron chi connectivity index (χ0n) is 17.4. The van der Waals surface area contributed by atoms with Crippen LogP contribution in [-0.4, -0.2) is 22.4 Å². The highest BCUT2D eigenvalue weighted by Crippen LogP contribution is 2.16. The lowest BCUT2D eigenvalue weighted by molar-refractivity contribution is 0.0951. The van der Waals surface area contributed by atoms with Crippen LogP contribution in [0.5, 0.6) is 0 Å². The Morgan fingerprint density at radius 3 is 2.84 bits per heavy atom. The number of benzene rings is 1. The van der Waals surface area contributed by atoms with Crippen LogP contribution in [0.15, 0.2) is 60.8 Å². The molecule has 0 unspecified atom stereocenters. The number of pyridine rings is 2. The van der Waals surface area contributed by atoms with Crippen LogP contribution in [0.3, 0.4) is 0 Å². The summed E-state index contributed by atoms with van der Waals surface area (Å²) in [5.41, 5.74) is 9.39. The molecule has 6 nitrogen and oxygen atoms in total. The Balaban J connectivity index is 1.72. The van der Waals surface area contributed by atoms with E-state index in [1.165, 1.54) is 12.1 Å². The number of nitrogens with zero attached hydrogens (tertiary/aromatic N) is 2. The molecule has 160 valence electrons. The van der Waals surface area contributed by atoms with Gasteiger partial charge in [0.05, 0.1) is 17.0 Å². The number of halogens is 1. The van der Waals surface area contributed by atoms with Gasteiger partial charge in [-0.3, -0.25) is 9.78 Å². The molecule has 2 aromatic heterocycles. The second kappa shape index (κ2) is 11.0. The lowest BCUT2D eigenvalue weighted by atomic mass is 10.1. The van der Waals surface area contributed by atoms with Crippen molar-refractivity contribution < 1.29 is 9.18 Å². The number of rotatable bonds is 9. The summed E-state index contributed by atoms with van der Waals surface area (Å²) in [4.78, 5) is 21.7. The van der Waals surface area contributed by atoms with Crippen LogP contribution in [0.1, 0.15) is 39.8 Å². The minimum atomic E-state index is -0.266. The normalized spacial score (nSPS) is 10.9. The monoisotopic (exact) mass is 419 g/mol. The van der Waals surface area contributed by atoms with E-state index in [4.69, 9.17) is 5.73 Å². The maximum Gasteiger partial charge on any atom is 0.255 e. The number of hydrogen-bond acceptors (Lipinski definition) is 5. The van der Waals surface area contributed by atoms with Crippen LogP contribution in [0.2, 0.25) is 0 Å². The zero-order valence-corrected chi connectivity index (χ0v) is 17.4. The number of nitrogens with two attached hydrogens (primary N) is 1. The van der Waals surface area contributed by atoms with Gasteiger partial charge in [0, 0.05) is 25.8 Å². The van der Waals surface area contributed by atoms with E-state index in [1.54, 1.807) is 24.4 Å². The fourth-order valence-electron chi connectivity index (χ4n) is 3.16. The largest absolute Gasteiger partial charge is 0.369 e. The van der Waals surface area contributed by atoms with Gasteiger partial charge in [-0.15, -0.1) is 0 Å². The molecular weight excluding hydrogens is 393 g/mol. The van der Waals surface area contributed by atoms with E-state index in [2.05, 4.69) is 20.6 Å². The molecule has 0 radical (unpaired) electrons. The highest BCUT2D eigenvalue weighted by Gasteiger charge is 2.14. The zero-order chi connectivity index (χ0) is 22.1. The average Bonchev–Trinajstić information content (AvgIpc) is 2.78. The number of aromatic nitrogens is 2. The number of anilines is 1. The summed E-state index contributed by atoms with van der Waals surface area (Å²) >= 11 is 0. The molecule has 0 bridgehead atoms. The first-order valence-electron chi connectivity index (χ1n) is 10.1. The number of hydrogen-bond donors (Lipinski definition) is 3. The van der Waals surface area contributed by atoms with Gasteiger partial charge in [0.2, 0.25) is 0 Å². The molecule has 1 amide bonds. The van der Waals surface area contributed by atoms with Crippen molar-refractivity contribution in [1.82, 2.24) is 15.3 Å². The molecule has 4 N–H and O–H groups in total. The number of amides is 1. The van der Waals surface area contributed by atoms with Gasteiger partial charge in [-0.05, 0) is 60.9 Å². The van der Waals surface area contributed by atoms with Gasteiger partial charge in [0.15, 0.2) is 0 Å². The summed E-state index contributed by atoms with van der Waals surface area (Å²) in [5, 5.41) is 6.14. The average molecular weight is 420 g/mol. The van der Waals surface area contributed by atoms with E-state index in [9.17, 15) is 9.18 Å². The third kappa shape index (κ3) is 6.20. The Bertz CT molecular complexity index is 1070. The maximum atomic E-state index is 13.4. The van der Waals surface area contributed by atoms with Gasteiger partial charge in [-0.1, -0.05) is 24.3 Å². The van der Waals surface area contributed by atoms with Gasteiger partial charge >= 0.3 is 0 Å². The third-order valence-electron chi connectivity index (χ3n) is 4.71. The van der Waals surface area contributed by atoms with Crippen molar-refractivity contribution in [3.63, 3.8) is 0 Å². The second-order valence-corrected chi connectivity index (χ2v) is 6.94. The summed E-state index contributed by atoms with van der Waals surface area (Å²) in [6.45, 7) is 3.04. The first kappa shape index (κ1) is 22.1. The van der Waals surface area contributed by atoms with Crippen molar-refractivity contribution in [3.05, 3.63) is 94.7 Å². The molecular formula is C24H26FN5O. The van der Waals surface area contributed by atoms with Crippen LogP contribution < -0.4 is 16.4 Å². The molecule has 3 aromatic rings. The Morgan fingerprint density at radius 2 is 2.06 bits per heavy atom. The lowest BCUT2D eigenvalue weighted by Gasteiger charge is -2.13. The molecule has 1 aromatic carbocycles. The predicted octanol–water partition coefficient (Wildman–Crippen LogP) is 3.69. The van der Waals surface area contributed by atoms with Gasteiger partial charge in [0.25, 0.3) is 5.91 Å². The summed E-state index contributed by atoms with van der Waals surface area (Å²) in [5.74, 6) is -0.0348. The minimum Gasteiger partial charge on any atom is -0.369 e. The van der Waals surface area contributed by atoms with E-state index >= 15 is 0 Å². The Labute approximate surface area is 181 Å². The van der Waals surface area contributed by atoms with E-state index in [0.29, 0.717) is 37.4 Å². The van der Waals surface area contributed by atoms with Crippen LogP contribution in [0.4, 0.5) is 10.2 Å². The molecule has 0 saturated carbocycles. The van der Waals surface area contributed by atoms with Gasteiger partial charge in [-0.25, -0.2) is 9.37 Å². The molecule has 0 aliphatic heterocycles. The molecule has 3 rings (SSSR count). The van der Waals surface area contributed by atoms with Gasteiger partial charge < -0.3 is 16.4 Å². The third-order valence-corrected chi connectivity index (χ3v) is 4.71. The predicted molar refractivity (Wildman–Crippen MR) is 121 cm³/mol. The van der Waals surface area contributed by atoms with Gasteiger partial charge in [-0.2, -0.15) is 0 Å². The standard InChI is InChI=1S/C24H26FN5O/c1-2-5-20-9-10-21(24(31)29-16-18-7-4-12-27-22(18)15-26)23(30-20)28-13-11-17-6-3-8-19(25)14-17/h2-10,12,14H,11,13,15-16,26H2,1H3,(H,28,30)(H,29,31)/b5-2+. The smallest absolute Gasteiger partial charge is 0.255 e. The molecule has 0 fully saturated rings. The van der Waals surface area contributed by atoms with Crippen molar-refractivity contribution in [2.45, 2.75) is 26.4 Å². The highest BCUT2D eigenvalue weighted by molar-refractivity contribution is 5.98. The number of allylic oxidation sites excluding steroid dienone is 1. The minimum absolute atomic E-state index is 0.250. The van der Waals surface area contributed by atoms with E-state index < -0.39 is 0 Å². The van der Waals surface area contributed by atoms with Crippen molar-refractivity contribution >= 4 is 17.8 Å². The number of carbonyl (C=O) groups is 1. The Morgan fingerprint density at radius 1 is 1.19 bits per heavy atom. The van der Waals surface area contributed by atoms with Gasteiger partial charge in [0.1, 0.15) is 11.6 Å². The Kier molecular flexibility index (Phi) is 7.84. The van der Waals surface area contributed by atoms with Crippen molar-refractivity contribution in [1.29, 1.82) is 0 Å².